The highest BCUT2D eigenvalue weighted by atomic mass is 79.9. The van der Waals surface area contributed by atoms with Crippen molar-refractivity contribution < 1.29 is 17.7 Å². The zero-order chi connectivity index (χ0) is 22.5. The molecule has 4 N–H and O–H groups in total. The first kappa shape index (κ1) is 22.2. The molecule has 0 bridgehead atoms. The zero-order valence-corrected chi connectivity index (χ0v) is 20.3. The van der Waals surface area contributed by atoms with E-state index in [1.54, 1.807) is 17.7 Å². The van der Waals surface area contributed by atoms with Gasteiger partial charge in [-0.05, 0) is 59.7 Å². The van der Waals surface area contributed by atoms with Gasteiger partial charge in [-0.3, -0.25) is 4.18 Å². The van der Waals surface area contributed by atoms with Gasteiger partial charge in [0, 0.05) is 10.4 Å². The molecule has 3 aromatic rings. The smallest absolute Gasteiger partial charge is 0.333 e. The standard InChI is InChI=1S/C21H23BrN4O4S2/c22-16-3-1-2-14-13(16)4-5-17(14)26-21-20-19(24-10-25-21)15(9-31-20)11-6-12(18(27)7-11)8-30-32(23,28)29/h1-3,9-12,17-18,27H,4-8H2,(H2,23,28,29)(H,24,25,26)/t11-,12+,17?,18+/m1/s1. The predicted octanol–water partition coefficient (Wildman–Crippen LogP) is 3.63. The molecule has 2 aliphatic rings. The number of aliphatic hydroxyl groups is 1. The summed E-state index contributed by atoms with van der Waals surface area (Å²) in [6.45, 7) is -0.114. The van der Waals surface area contributed by atoms with Crippen LogP contribution in [-0.2, 0) is 20.9 Å². The lowest BCUT2D eigenvalue weighted by molar-refractivity contribution is 0.101. The first-order valence-corrected chi connectivity index (χ1v) is 13.6. The van der Waals surface area contributed by atoms with Crippen LogP contribution in [0.4, 0.5) is 5.82 Å². The molecular formula is C21H23BrN4O4S2. The highest BCUT2D eigenvalue weighted by Crippen LogP contribution is 2.44. The van der Waals surface area contributed by atoms with E-state index >= 15 is 0 Å². The van der Waals surface area contributed by atoms with Gasteiger partial charge in [0.25, 0.3) is 0 Å². The highest BCUT2D eigenvalue weighted by molar-refractivity contribution is 9.10. The molecule has 8 nitrogen and oxygen atoms in total. The number of rotatable bonds is 6. The Morgan fingerprint density at radius 3 is 2.94 bits per heavy atom. The number of thiophene rings is 1. The molecule has 1 unspecified atom stereocenters. The third kappa shape index (κ3) is 4.29. The van der Waals surface area contributed by atoms with E-state index in [0.717, 1.165) is 38.9 Å². The monoisotopic (exact) mass is 538 g/mol. The van der Waals surface area contributed by atoms with Gasteiger partial charge in [-0.25, -0.2) is 15.1 Å². The number of nitrogens with one attached hydrogen (secondary N) is 1. The Hall–Kier alpha value is -1.63. The molecule has 2 aromatic heterocycles. The Morgan fingerprint density at radius 1 is 1.28 bits per heavy atom. The summed E-state index contributed by atoms with van der Waals surface area (Å²) in [5.74, 6) is 0.594. The normalized spacial score (nSPS) is 25.3. The van der Waals surface area contributed by atoms with Crippen molar-refractivity contribution in [1.29, 1.82) is 0 Å². The number of benzene rings is 1. The lowest BCUT2D eigenvalue weighted by atomic mass is 9.98. The molecule has 1 aromatic carbocycles. The van der Waals surface area contributed by atoms with Gasteiger partial charge in [0.15, 0.2) is 0 Å². The van der Waals surface area contributed by atoms with Crippen LogP contribution in [0.3, 0.4) is 0 Å². The number of anilines is 1. The van der Waals surface area contributed by atoms with Crippen LogP contribution in [0, 0.1) is 5.92 Å². The number of aliphatic hydroxyl groups excluding tert-OH is 1. The fourth-order valence-electron chi connectivity index (χ4n) is 4.90. The maximum absolute atomic E-state index is 11.1. The summed E-state index contributed by atoms with van der Waals surface area (Å²) >= 11 is 5.24. The molecule has 5 rings (SSSR count). The minimum Gasteiger partial charge on any atom is -0.393 e. The number of halogens is 1. The minimum absolute atomic E-state index is 0.0683. The van der Waals surface area contributed by atoms with Crippen LogP contribution >= 0.6 is 27.3 Å². The van der Waals surface area contributed by atoms with Crippen LogP contribution in [0.5, 0.6) is 0 Å². The summed E-state index contributed by atoms with van der Waals surface area (Å²) < 4.78 is 29.1. The largest absolute Gasteiger partial charge is 0.393 e. The van der Waals surface area contributed by atoms with Crippen LogP contribution in [0.2, 0.25) is 0 Å². The summed E-state index contributed by atoms with van der Waals surface area (Å²) in [5.41, 5.74) is 4.57. The quantitative estimate of drug-likeness (QED) is 0.437. The Labute approximate surface area is 198 Å². The second kappa shape index (κ2) is 8.62. The molecule has 0 spiro atoms. The number of hydrogen-bond acceptors (Lipinski definition) is 8. The Kier molecular flexibility index (Phi) is 5.97. The number of nitrogens with two attached hydrogens (primary N) is 1. The molecule has 11 heteroatoms. The van der Waals surface area contributed by atoms with Crippen molar-refractivity contribution >= 4 is 53.6 Å². The molecular weight excluding hydrogens is 516 g/mol. The lowest BCUT2D eigenvalue weighted by Gasteiger charge is -2.15. The Morgan fingerprint density at radius 2 is 2.12 bits per heavy atom. The van der Waals surface area contributed by atoms with Crippen molar-refractivity contribution in [3.05, 3.63) is 51.1 Å². The molecule has 0 aliphatic heterocycles. The highest BCUT2D eigenvalue weighted by Gasteiger charge is 2.36. The molecule has 1 fully saturated rings. The minimum atomic E-state index is -4.02. The zero-order valence-electron chi connectivity index (χ0n) is 17.1. The van der Waals surface area contributed by atoms with Crippen molar-refractivity contribution in [2.45, 2.75) is 43.7 Å². The average Bonchev–Trinajstić information content (AvgIpc) is 3.44. The van der Waals surface area contributed by atoms with Crippen LogP contribution in [0.1, 0.15) is 47.9 Å². The second-order valence-corrected chi connectivity index (χ2v) is 11.4. The van der Waals surface area contributed by atoms with Crippen LogP contribution in [0.25, 0.3) is 10.2 Å². The molecule has 2 heterocycles. The average molecular weight is 539 g/mol. The molecule has 170 valence electrons. The van der Waals surface area contributed by atoms with Crippen molar-refractivity contribution in [2.75, 3.05) is 11.9 Å². The van der Waals surface area contributed by atoms with Gasteiger partial charge in [0.2, 0.25) is 0 Å². The Balaban J connectivity index is 1.37. The van der Waals surface area contributed by atoms with Gasteiger partial charge in [0.1, 0.15) is 12.1 Å². The van der Waals surface area contributed by atoms with E-state index in [-0.39, 0.29) is 24.5 Å². The SMILES string of the molecule is NS(=O)(=O)OC[C@@H]1C[C@@H](c2csc3c(NC4CCc5c(Br)cccc54)ncnc23)C[C@@H]1O. The molecule has 0 saturated heterocycles. The van der Waals surface area contributed by atoms with Gasteiger partial charge in [-0.15, -0.1) is 11.3 Å². The summed E-state index contributed by atoms with van der Waals surface area (Å²) in [6, 6.07) is 6.49. The lowest BCUT2D eigenvalue weighted by Crippen LogP contribution is -2.24. The first-order chi connectivity index (χ1) is 15.3. The molecule has 32 heavy (non-hydrogen) atoms. The van der Waals surface area contributed by atoms with Crippen molar-refractivity contribution in [1.82, 2.24) is 9.97 Å². The van der Waals surface area contributed by atoms with Gasteiger partial charge < -0.3 is 10.4 Å². The third-order valence-electron chi connectivity index (χ3n) is 6.45. The van der Waals surface area contributed by atoms with E-state index < -0.39 is 16.4 Å². The van der Waals surface area contributed by atoms with Crippen LogP contribution < -0.4 is 10.5 Å². The van der Waals surface area contributed by atoms with E-state index in [4.69, 9.17) is 9.32 Å². The van der Waals surface area contributed by atoms with Gasteiger partial charge in [0.05, 0.1) is 29.0 Å². The Bertz CT molecular complexity index is 1270. The van der Waals surface area contributed by atoms with E-state index in [0.29, 0.717) is 12.8 Å². The number of nitrogens with zero attached hydrogens (tertiary/aromatic N) is 2. The van der Waals surface area contributed by atoms with E-state index in [1.165, 1.54) is 11.1 Å². The van der Waals surface area contributed by atoms with Gasteiger partial charge in [-0.1, -0.05) is 28.1 Å². The van der Waals surface area contributed by atoms with E-state index in [1.807, 2.05) is 0 Å². The van der Waals surface area contributed by atoms with E-state index in [2.05, 4.69) is 54.8 Å². The molecule has 0 amide bonds. The number of fused-ring (bicyclic) bond motifs is 2. The van der Waals surface area contributed by atoms with Gasteiger partial charge in [-0.2, -0.15) is 8.42 Å². The number of aromatic nitrogens is 2. The molecule has 1 saturated carbocycles. The first-order valence-electron chi connectivity index (χ1n) is 10.4. The maximum atomic E-state index is 11.1. The second-order valence-electron chi connectivity index (χ2n) is 8.41. The molecule has 4 atom stereocenters. The summed E-state index contributed by atoms with van der Waals surface area (Å²) in [6.07, 6.45) is 4.08. The van der Waals surface area contributed by atoms with Gasteiger partial charge >= 0.3 is 10.3 Å². The van der Waals surface area contributed by atoms with Crippen molar-refractivity contribution in [3.8, 4) is 0 Å². The number of hydrogen-bond donors (Lipinski definition) is 3. The maximum Gasteiger partial charge on any atom is 0.333 e. The molecule has 2 aliphatic carbocycles. The fourth-order valence-corrected chi connectivity index (χ4v) is 6.90. The van der Waals surface area contributed by atoms with Crippen molar-refractivity contribution in [2.24, 2.45) is 11.1 Å². The van der Waals surface area contributed by atoms with E-state index in [9.17, 15) is 13.5 Å². The fraction of sp³-hybridized carbons (Fsp3) is 0.429. The summed E-state index contributed by atoms with van der Waals surface area (Å²) in [7, 11) is -4.02. The van der Waals surface area contributed by atoms with Crippen molar-refractivity contribution in [3.63, 3.8) is 0 Å². The predicted molar refractivity (Wildman–Crippen MR) is 127 cm³/mol. The topological polar surface area (TPSA) is 127 Å². The summed E-state index contributed by atoms with van der Waals surface area (Å²) in [5, 5.41) is 21.0. The van der Waals surface area contributed by atoms with Crippen LogP contribution in [-0.4, -0.2) is 36.2 Å². The van der Waals surface area contributed by atoms with Crippen LogP contribution in [0.15, 0.2) is 34.4 Å². The third-order valence-corrected chi connectivity index (χ3v) is 8.65. The summed E-state index contributed by atoms with van der Waals surface area (Å²) in [4.78, 5) is 9.06. The molecule has 0 radical (unpaired) electrons.